The Balaban J connectivity index is 3.04. The molecule has 0 heterocycles. The van der Waals surface area contributed by atoms with E-state index in [1.165, 1.54) is 35.7 Å². The van der Waals surface area contributed by atoms with E-state index in [0.29, 0.717) is 21.3 Å². The number of nitrogens with zero attached hydrogens (tertiary/aromatic N) is 2. The molecule has 182 valence electrons. The molecule has 34 heavy (non-hydrogen) atoms. The zero-order valence-electron chi connectivity index (χ0n) is 19.1. The van der Waals surface area contributed by atoms with Gasteiger partial charge in [0.05, 0.1) is 46.3 Å². The largest absolute Gasteiger partial charge is 0.465 e. The molecule has 0 aliphatic rings. The molecule has 0 aliphatic heterocycles. The predicted octanol–water partition coefficient (Wildman–Crippen LogP) is 5.75. The van der Waals surface area contributed by atoms with Crippen LogP contribution in [-0.2, 0) is 9.47 Å². The molecule has 0 atom stereocenters. The van der Waals surface area contributed by atoms with Crippen LogP contribution in [0.5, 0.6) is 0 Å². The van der Waals surface area contributed by atoms with Crippen molar-refractivity contribution in [1.29, 1.82) is 0 Å². The predicted molar refractivity (Wildman–Crippen MR) is 130 cm³/mol. The molecule has 10 nitrogen and oxygen atoms in total. The maximum absolute atomic E-state index is 12.2. The monoisotopic (exact) mass is 508 g/mol. The van der Waals surface area contributed by atoms with Crippen molar-refractivity contribution in [1.82, 2.24) is 0 Å². The second kappa shape index (κ2) is 12.4. The normalized spacial score (nSPS) is 10.6. The molecular formula is C22H24N2O8S2. The van der Waals surface area contributed by atoms with Gasteiger partial charge in [-0.2, -0.15) is 0 Å². The fourth-order valence-corrected chi connectivity index (χ4v) is 5.09. The number of methoxy groups -OCH3 is 2. The molecule has 0 saturated heterocycles. The molecule has 0 bridgehead atoms. The summed E-state index contributed by atoms with van der Waals surface area (Å²) in [6, 6.07) is 5.01. The number of carbonyl (C=O) groups is 2. The van der Waals surface area contributed by atoms with Crippen LogP contribution in [0.1, 0.15) is 47.4 Å². The quantitative estimate of drug-likeness (QED) is 0.159. The number of nitro benzene ring substituents is 2. The van der Waals surface area contributed by atoms with Crippen LogP contribution in [-0.4, -0.2) is 47.5 Å². The standard InChI is InChI=1S/C22H24N2O8S2/c1-5-7-33-17-11-13(21(25)31-3)9-15(23(27)28)19(17)20-16(24(29)30)10-14(22(26)32-4)12-18(20)34-8-6-2/h9-12H,5-8H2,1-4H3. The van der Waals surface area contributed by atoms with Crippen LogP contribution in [0.2, 0.25) is 0 Å². The first-order valence-corrected chi connectivity index (χ1v) is 12.2. The van der Waals surface area contributed by atoms with Gasteiger partial charge >= 0.3 is 11.9 Å². The summed E-state index contributed by atoms with van der Waals surface area (Å²) in [5.41, 5.74) is -0.945. The average molecular weight is 509 g/mol. The maximum atomic E-state index is 12.2. The minimum absolute atomic E-state index is 0.0258. The van der Waals surface area contributed by atoms with E-state index in [9.17, 15) is 29.8 Å². The van der Waals surface area contributed by atoms with Crippen molar-refractivity contribution in [2.75, 3.05) is 25.7 Å². The smallest absolute Gasteiger partial charge is 0.338 e. The lowest BCUT2D eigenvalue weighted by Crippen LogP contribution is -2.07. The van der Waals surface area contributed by atoms with Gasteiger partial charge in [-0.3, -0.25) is 20.2 Å². The summed E-state index contributed by atoms with van der Waals surface area (Å²) in [5, 5.41) is 24.2. The van der Waals surface area contributed by atoms with Gasteiger partial charge in [0.2, 0.25) is 0 Å². The van der Waals surface area contributed by atoms with Crippen molar-refractivity contribution in [3.63, 3.8) is 0 Å². The first kappa shape index (κ1) is 27.1. The average Bonchev–Trinajstić information content (AvgIpc) is 2.83. The highest BCUT2D eigenvalue weighted by molar-refractivity contribution is 7.99. The number of hydrogen-bond donors (Lipinski definition) is 0. The van der Waals surface area contributed by atoms with E-state index < -0.39 is 33.2 Å². The minimum atomic E-state index is -0.760. The van der Waals surface area contributed by atoms with Gasteiger partial charge < -0.3 is 9.47 Å². The molecule has 2 aromatic rings. The van der Waals surface area contributed by atoms with E-state index in [1.54, 1.807) is 0 Å². The zero-order valence-corrected chi connectivity index (χ0v) is 20.7. The van der Waals surface area contributed by atoms with E-state index in [2.05, 4.69) is 0 Å². The Morgan fingerprint density at radius 3 is 1.38 bits per heavy atom. The van der Waals surface area contributed by atoms with Gasteiger partial charge in [-0.05, 0) is 36.5 Å². The number of rotatable bonds is 11. The summed E-state index contributed by atoms with van der Waals surface area (Å²) in [5.74, 6) is -0.409. The second-order valence-corrected chi connectivity index (χ2v) is 9.20. The Bertz CT molecular complexity index is 1030. The van der Waals surface area contributed by atoms with Crippen LogP contribution in [0.3, 0.4) is 0 Å². The Hall–Kier alpha value is -3.12. The fourth-order valence-electron chi connectivity index (χ4n) is 3.12. The number of nitro groups is 2. The topological polar surface area (TPSA) is 139 Å². The fraction of sp³-hybridized carbons (Fsp3) is 0.364. The van der Waals surface area contributed by atoms with Gasteiger partial charge in [0.1, 0.15) is 0 Å². The summed E-state index contributed by atoms with van der Waals surface area (Å²) in [6.07, 6.45) is 1.45. The van der Waals surface area contributed by atoms with Crippen molar-refractivity contribution >= 4 is 46.8 Å². The highest BCUT2D eigenvalue weighted by Gasteiger charge is 2.32. The minimum Gasteiger partial charge on any atom is -0.465 e. The number of thioether (sulfide) groups is 2. The number of esters is 2. The zero-order chi connectivity index (χ0) is 25.4. The second-order valence-electron chi connectivity index (χ2n) is 6.93. The van der Waals surface area contributed by atoms with Crippen molar-refractivity contribution in [3.8, 4) is 11.1 Å². The highest BCUT2D eigenvalue weighted by Crippen LogP contribution is 2.48. The lowest BCUT2D eigenvalue weighted by atomic mass is 9.98. The number of ether oxygens (including phenoxy) is 2. The van der Waals surface area contributed by atoms with Crippen molar-refractivity contribution < 1.29 is 28.9 Å². The molecule has 12 heteroatoms. The molecule has 2 rings (SSSR count). The summed E-state index contributed by atoms with van der Waals surface area (Å²) in [6.45, 7) is 3.84. The van der Waals surface area contributed by atoms with Gasteiger partial charge in [0.15, 0.2) is 0 Å². The lowest BCUT2D eigenvalue weighted by Gasteiger charge is -2.16. The third-order valence-corrected chi connectivity index (χ3v) is 7.06. The van der Waals surface area contributed by atoms with Crippen LogP contribution in [0.15, 0.2) is 34.1 Å². The lowest BCUT2D eigenvalue weighted by molar-refractivity contribution is -0.386. The maximum Gasteiger partial charge on any atom is 0.338 e. The summed E-state index contributed by atoms with van der Waals surface area (Å²) < 4.78 is 9.47. The van der Waals surface area contributed by atoms with E-state index in [1.807, 2.05) is 13.8 Å². The SMILES string of the molecule is CCCSc1cc(C(=O)OC)cc([N+](=O)[O-])c1-c1c(SCCC)cc(C(=O)OC)cc1[N+](=O)[O-]. The molecule has 2 aromatic carbocycles. The Morgan fingerprint density at radius 1 is 0.765 bits per heavy atom. The first-order chi connectivity index (χ1) is 16.2. The summed E-state index contributed by atoms with van der Waals surface area (Å²) >= 11 is 2.50. The molecular weight excluding hydrogens is 484 g/mol. The molecule has 0 unspecified atom stereocenters. The number of hydrogen-bond acceptors (Lipinski definition) is 10. The third kappa shape index (κ3) is 6.06. The van der Waals surface area contributed by atoms with Crippen molar-refractivity contribution in [2.24, 2.45) is 0 Å². The van der Waals surface area contributed by atoms with Crippen LogP contribution in [0.4, 0.5) is 11.4 Å². The van der Waals surface area contributed by atoms with Gasteiger partial charge in [-0.1, -0.05) is 13.8 Å². The molecule has 0 aliphatic carbocycles. The molecule has 0 N–H and O–H groups in total. The van der Waals surface area contributed by atoms with Crippen molar-refractivity contribution in [3.05, 3.63) is 55.6 Å². The Morgan fingerprint density at radius 2 is 1.12 bits per heavy atom. The first-order valence-electron chi connectivity index (χ1n) is 10.3. The third-order valence-electron chi connectivity index (χ3n) is 4.57. The van der Waals surface area contributed by atoms with E-state index >= 15 is 0 Å². The van der Waals surface area contributed by atoms with Crippen molar-refractivity contribution in [2.45, 2.75) is 36.5 Å². The van der Waals surface area contributed by atoms with E-state index in [4.69, 9.17) is 9.47 Å². The summed E-state index contributed by atoms with van der Waals surface area (Å²) in [7, 11) is 2.33. The number of benzene rings is 2. The molecule has 0 saturated carbocycles. The van der Waals surface area contributed by atoms with Gasteiger partial charge in [0, 0.05) is 21.9 Å². The molecule has 0 aromatic heterocycles. The number of carbonyl (C=O) groups excluding carboxylic acids is 2. The van der Waals surface area contributed by atoms with Gasteiger partial charge in [-0.25, -0.2) is 9.59 Å². The Labute approximate surface area is 204 Å². The molecule has 0 amide bonds. The molecule has 0 spiro atoms. The van der Waals surface area contributed by atoms with Crippen LogP contribution < -0.4 is 0 Å². The van der Waals surface area contributed by atoms with Gasteiger partial charge in [0.25, 0.3) is 11.4 Å². The van der Waals surface area contributed by atoms with Crippen LogP contribution in [0.25, 0.3) is 11.1 Å². The summed E-state index contributed by atoms with van der Waals surface area (Å²) in [4.78, 5) is 47.9. The van der Waals surface area contributed by atoms with Gasteiger partial charge in [-0.15, -0.1) is 23.5 Å². The molecule has 0 radical (unpaired) electrons. The molecule has 0 fully saturated rings. The van der Waals surface area contributed by atoms with E-state index in [0.717, 1.165) is 39.2 Å². The Kier molecular flexibility index (Phi) is 9.87. The highest BCUT2D eigenvalue weighted by atomic mass is 32.2. The van der Waals surface area contributed by atoms with Crippen LogP contribution >= 0.6 is 23.5 Å². The van der Waals surface area contributed by atoms with E-state index in [-0.39, 0.29) is 22.3 Å². The van der Waals surface area contributed by atoms with Crippen LogP contribution in [0, 0.1) is 20.2 Å².